The number of carbonyl (C=O) groups excluding carboxylic acids is 1. The summed E-state index contributed by atoms with van der Waals surface area (Å²) in [5, 5.41) is 0. The molecule has 0 saturated heterocycles. The lowest BCUT2D eigenvalue weighted by atomic mass is 9.73. The fraction of sp³-hybridized carbons (Fsp3) is 0.562. The van der Waals surface area contributed by atoms with Crippen LogP contribution in [0.4, 0.5) is 0 Å². The van der Waals surface area contributed by atoms with Gasteiger partial charge in [0.1, 0.15) is 11.5 Å². The van der Waals surface area contributed by atoms with Crippen LogP contribution in [0.15, 0.2) is 18.2 Å². The quantitative estimate of drug-likeness (QED) is 0.629. The van der Waals surface area contributed by atoms with E-state index in [1.165, 1.54) is 0 Å². The Balaban J connectivity index is 1.87. The van der Waals surface area contributed by atoms with Gasteiger partial charge in [-0.15, -0.1) is 0 Å². The molecule has 0 aromatic heterocycles. The standard InChI is InChI=1S/C16H20O4/c1-3-19-11-5-6-12-13-7-4-10(18-2)9-15(13)20-16(17)14(12)8-11/h4,7,9,11-12,14H,3,5-6,8H2,1-2H3. The first-order valence-corrected chi connectivity index (χ1v) is 7.24. The Morgan fingerprint density at radius 1 is 1.30 bits per heavy atom. The summed E-state index contributed by atoms with van der Waals surface area (Å²) in [5.41, 5.74) is 1.13. The van der Waals surface area contributed by atoms with Crippen molar-refractivity contribution >= 4 is 5.97 Å². The first kappa shape index (κ1) is 13.4. The van der Waals surface area contributed by atoms with Crippen LogP contribution in [0.2, 0.25) is 0 Å². The van der Waals surface area contributed by atoms with Gasteiger partial charge in [0.05, 0.1) is 19.1 Å². The van der Waals surface area contributed by atoms with Crippen LogP contribution < -0.4 is 9.47 Å². The molecule has 20 heavy (non-hydrogen) atoms. The lowest BCUT2D eigenvalue weighted by Gasteiger charge is -2.38. The summed E-state index contributed by atoms with van der Waals surface area (Å²) in [6, 6.07) is 5.76. The molecule has 3 unspecified atom stereocenters. The van der Waals surface area contributed by atoms with Crippen LogP contribution in [0.1, 0.15) is 37.7 Å². The zero-order valence-corrected chi connectivity index (χ0v) is 11.9. The molecule has 3 atom stereocenters. The molecule has 3 rings (SSSR count). The molecule has 1 aliphatic heterocycles. The third-order valence-electron chi connectivity index (χ3n) is 4.34. The van der Waals surface area contributed by atoms with E-state index in [-0.39, 0.29) is 23.9 Å². The first-order chi connectivity index (χ1) is 9.72. The number of rotatable bonds is 3. The van der Waals surface area contributed by atoms with Crippen LogP contribution in [-0.4, -0.2) is 25.8 Å². The minimum absolute atomic E-state index is 0.0683. The second-order valence-corrected chi connectivity index (χ2v) is 5.43. The molecule has 0 radical (unpaired) electrons. The number of esters is 1. The predicted molar refractivity (Wildman–Crippen MR) is 74.1 cm³/mol. The van der Waals surface area contributed by atoms with Crippen molar-refractivity contribution in [1.82, 2.24) is 0 Å². The highest BCUT2D eigenvalue weighted by Crippen LogP contribution is 2.47. The average molecular weight is 276 g/mol. The van der Waals surface area contributed by atoms with Crippen molar-refractivity contribution in [3.05, 3.63) is 23.8 Å². The molecule has 1 aromatic carbocycles. The maximum absolute atomic E-state index is 12.2. The number of methoxy groups -OCH3 is 1. The molecule has 4 heteroatoms. The Labute approximate surface area is 119 Å². The third-order valence-corrected chi connectivity index (χ3v) is 4.34. The molecule has 0 N–H and O–H groups in total. The van der Waals surface area contributed by atoms with Crippen LogP contribution in [0.3, 0.4) is 0 Å². The number of hydrogen-bond acceptors (Lipinski definition) is 4. The highest BCUT2D eigenvalue weighted by atomic mass is 16.5. The molecule has 108 valence electrons. The van der Waals surface area contributed by atoms with Gasteiger partial charge >= 0.3 is 5.97 Å². The molecule has 1 saturated carbocycles. The predicted octanol–water partition coefficient (Wildman–Crippen LogP) is 2.90. The van der Waals surface area contributed by atoms with Crippen molar-refractivity contribution < 1.29 is 19.0 Å². The average Bonchev–Trinajstić information content (AvgIpc) is 2.47. The molecule has 4 nitrogen and oxygen atoms in total. The lowest BCUT2D eigenvalue weighted by molar-refractivity contribution is -0.144. The second kappa shape index (κ2) is 5.44. The van der Waals surface area contributed by atoms with Crippen LogP contribution in [0.5, 0.6) is 11.5 Å². The van der Waals surface area contributed by atoms with Crippen LogP contribution >= 0.6 is 0 Å². The largest absolute Gasteiger partial charge is 0.497 e. The molecule has 0 bridgehead atoms. The normalized spacial score (nSPS) is 28.3. The molecule has 0 amide bonds. The molecule has 0 spiro atoms. The minimum Gasteiger partial charge on any atom is -0.497 e. The maximum atomic E-state index is 12.2. The molecule has 1 aromatic rings. The Bertz CT molecular complexity index is 511. The number of ether oxygens (including phenoxy) is 3. The lowest BCUT2D eigenvalue weighted by Crippen LogP contribution is -2.38. The molecule has 1 heterocycles. The van der Waals surface area contributed by atoms with Crippen molar-refractivity contribution in [2.75, 3.05) is 13.7 Å². The van der Waals surface area contributed by atoms with E-state index in [4.69, 9.17) is 14.2 Å². The van der Waals surface area contributed by atoms with Gasteiger partial charge in [0.15, 0.2) is 0 Å². The van der Waals surface area contributed by atoms with Crippen molar-refractivity contribution in [2.24, 2.45) is 5.92 Å². The Morgan fingerprint density at radius 3 is 2.90 bits per heavy atom. The monoisotopic (exact) mass is 276 g/mol. The summed E-state index contributed by atoms with van der Waals surface area (Å²) in [4.78, 5) is 12.2. The summed E-state index contributed by atoms with van der Waals surface area (Å²) >= 11 is 0. The number of fused-ring (bicyclic) bond motifs is 3. The highest BCUT2D eigenvalue weighted by molar-refractivity contribution is 5.79. The van der Waals surface area contributed by atoms with Crippen molar-refractivity contribution in [3.63, 3.8) is 0 Å². The summed E-state index contributed by atoms with van der Waals surface area (Å²) in [5.74, 6) is 1.44. The number of carbonyl (C=O) groups is 1. The van der Waals surface area contributed by atoms with Gasteiger partial charge in [-0.3, -0.25) is 4.79 Å². The van der Waals surface area contributed by atoms with E-state index < -0.39 is 0 Å². The van der Waals surface area contributed by atoms with E-state index in [2.05, 4.69) is 0 Å². The van der Waals surface area contributed by atoms with Crippen molar-refractivity contribution in [3.8, 4) is 11.5 Å². The highest BCUT2D eigenvalue weighted by Gasteiger charge is 2.42. The van der Waals surface area contributed by atoms with Gasteiger partial charge in [0, 0.05) is 18.6 Å². The van der Waals surface area contributed by atoms with E-state index in [1.54, 1.807) is 13.2 Å². The zero-order chi connectivity index (χ0) is 14.1. The zero-order valence-electron chi connectivity index (χ0n) is 11.9. The summed E-state index contributed by atoms with van der Waals surface area (Å²) in [7, 11) is 1.61. The van der Waals surface area contributed by atoms with E-state index in [1.807, 2.05) is 19.1 Å². The maximum Gasteiger partial charge on any atom is 0.315 e. The topological polar surface area (TPSA) is 44.8 Å². The molecule has 1 fully saturated rings. The van der Waals surface area contributed by atoms with Crippen molar-refractivity contribution in [2.45, 2.75) is 38.2 Å². The van der Waals surface area contributed by atoms with Gasteiger partial charge in [-0.25, -0.2) is 0 Å². The van der Waals surface area contributed by atoms with Crippen LogP contribution in [0, 0.1) is 5.92 Å². The van der Waals surface area contributed by atoms with Crippen molar-refractivity contribution in [1.29, 1.82) is 0 Å². The van der Waals surface area contributed by atoms with E-state index in [9.17, 15) is 4.79 Å². The number of hydrogen-bond donors (Lipinski definition) is 0. The van der Waals surface area contributed by atoms with Gasteiger partial charge in [0.2, 0.25) is 0 Å². The first-order valence-electron chi connectivity index (χ1n) is 7.24. The summed E-state index contributed by atoms with van der Waals surface area (Å²) in [6.07, 6.45) is 2.94. The fourth-order valence-corrected chi connectivity index (χ4v) is 3.37. The fourth-order valence-electron chi connectivity index (χ4n) is 3.37. The minimum atomic E-state index is -0.125. The SMILES string of the molecule is CCOC1CCC2c3ccc(OC)cc3OC(=O)C2C1. The summed E-state index contributed by atoms with van der Waals surface area (Å²) in [6.45, 7) is 2.69. The van der Waals surface area contributed by atoms with Crippen LogP contribution in [-0.2, 0) is 9.53 Å². The van der Waals surface area contributed by atoms with E-state index in [0.29, 0.717) is 12.4 Å². The van der Waals surface area contributed by atoms with Crippen LogP contribution in [0.25, 0.3) is 0 Å². The Morgan fingerprint density at radius 2 is 2.15 bits per heavy atom. The van der Waals surface area contributed by atoms with Gasteiger partial charge in [-0.05, 0) is 37.8 Å². The third kappa shape index (κ3) is 2.29. The van der Waals surface area contributed by atoms with Gasteiger partial charge in [-0.1, -0.05) is 6.07 Å². The van der Waals surface area contributed by atoms with E-state index >= 15 is 0 Å². The molecular formula is C16H20O4. The van der Waals surface area contributed by atoms with Gasteiger partial charge in [-0.2, -0.15) is 0 Å². The van der Waals surface area contributed by atoms with E-state index in [0.717, 1.165) is 30.6 Å². The van der Waals surface area contributed by atoms with Gasteiger partial charge < -0.3 is 14.2 Å². The Kier molecular flexibility index (Phi) is 3.66. The Hall–Kier alpha value is -1.55. The van der Waals surface area contributed by atoms with Gasteiger partial charge in [0.25, 0.3) is 0 Å². The molecule has 1 aliphatic carbocycles. The second-order valence-electron chi connectivity index (χ2n) is 5.43. The molecular weight excluding hydrogens is 256 g/mol. The smallest absolute Gasteiger partial charge is 0.315 e. The number of benzene rings is 1. The summed E-state index contributed by atoms with van der Waals surface area (Å²) < 4.78 is 16.4. The molecule has 2 aliphatic rings.